The lowest BCUT2D eigenvalue weighted by molar-refractivity contribution is -0.153. The maximum Gasteiger partial charge on any atom is 0.324 e. The molecule has 2 rings (SSSR count). The number of esters is 2. The van der Waals surface area contributed by atoms with Crippen molar-refractivity contribution in [3.63, 3.8) is 0 Å². The Hall–Kier alpha value is -1.73. The minimum Gasteiger partial charge on any atom is -0.392 e. The molecule has 1 saturated heterocycles. The van der Waals surface area contributed by atoms with Gasteiger partial charge < -0.3 is 4.74 Å². The molecule has 0 N–H and O–H groups in total. The van der Waals surface area contributed by atoms with Gasteiger partial charge >= 0.3 is 11.9 Å². The Morgan fingerprint density at radius 1 is 1.15 bits per heavy atom. The molecule has 6 nitrogen and oxygen atoms in total. The molecule has 0 saturated carbocycles. The number of hydrogen-bond acceptors (Lipinski definition) is 5. The third-order valence-electron chi connectivity index (χ3n) is 3.42. The molecule has 1 aliphatic rings. The number of rotatable bonds is 3. The summed E-state index contributed by atoms with van der Waals surface area (Å²) in [6.07, 6.45) is -0.0361. The summed E-state index contributed by atoms with van der Waals surface area (Å²) in [6.45, 7) is 1.61. The molecule has 0 aromatic heterocycles. The van der Waals surface area contributed by atoms with Gasteiger partial charge in [-0.1, -0.05) is 12.1 Å². The summed E-state index contributed by atoms with van der Waals surface area (Å²) < 4.78 is 29.6. The van der Waals surface area contributed by atoms with Gasteiger partial charge in [0.15, 0.2) is 0 Å². The van der Waals surface area contributed by atoms with Crippen molar-refractivity contribution in [1.29, 1.82) is 0 Å². The molecule has 1 heterocycles. The van der Waals surface area contributed by atoms with Crippen LogP contribution in [0.1, 0.15) is 18.9 Å². The van der Waals surface area contributed by atoms with Crippen LogP contribution in [-0.2, 0) is 29.8 Å². The lowest BCUT2D eigenvalue weighted by Gasteiger charge is -2.19. The molecule has 1 fully saturated rings. The normalized spacial score (nSPS) is 23.2. The maximum absolute atomic E-state index is 11.9. The van der Waals surface area contributed by atoms with E-state index in [1.165, 1.54) is 38.4 Å². The standard InChI is InChI=1S/C13H15NO5S/c1-13(8-11(15)19-12(13)16)9-4-6-10(7-5-9)20(17,18)14(2)3/h4-7H,8H2,1-3H3. The summed E-state index contributed by atoms with van der Waals surface area (Å²) >= 11 is 0. The highest BCUT2D eigenvalue weighted by Gasteiger charge is 2.46. The minimum atomic E-state index is -3.51. The fourth-order valence-electron chi connectivity index (χ4n) is 2.04. The van der Waals surface area contributed by atoms with E-state index in [9.17, 15) is 18.0 Å². The monoisotopic (exact) mass is 297 g/mol. The highest BCUT2D eigenvalue weighted by molar-refractivity contribution is 7.89. The van der Waals surface area contributed by atoms with Crippen molar-refractivity contribution in [3.05, 3.63) is 29.8 Å². The zero-order valence-corrected chi connectivity index (χ0v) is 12.2. The van der Waals surface area contributed by atoms with E-state index in [0.29, 0.717) is 5.56 Å². The van der Waals surface area contributed by atoms with Gasteiger partial charge in [0.05, 0.1) is 11.3 Å². The maximum atomic E-state index is 11.9. The first kappa shape index (κ1) is 14.7. The molecule has 20 heavy (non-hydrogen) atoms. The van der Waals surface area contributed by atoms with Gasteiger partial charge in [-0.25, -0.2) is 12.7 Å². The van der Waals surface area contributed by atoms with Crippen molar-refractivity contribution in [2.24, 2.45) is 0 Å². The van der Waals surface area contributed by atoms with E-state index in [4.69, 9.17) is 0 Å². The summed E-state index contributed by atoms with van der Waals surface area (Å²) in [7, 11) is -0.627. The Bertz CT molecular complexity index is 663. The molecule has 1 aromatic carbocycles. The van der Waals surface area contributed by atoms with E-state index in [2.05, 4.69) is 4.74 Å². The zero-order valence-electron chi connectivity index (χ0n) is 11.4. The molecule has 7 heteroatoms. The van der Waals surface area contributed by atoms with E-state index in [1.807, 2.05) is 0 Å². The largest absolute Gasteiger partial charge is 0.392 e. The number of cyclic esters (lactones) is 2. The molecule has 1 atom stereocenters. The Balaban J connectivity index is 2.39. The van der Waals surface area contributed by atoms with Crippen molar-refractivity contribution in [2.75, 3.05) is 14.1 Å². The number of sulfonamides is 1. The SMILES string of the molecule is CN(C)S(=O)(=O)c1ccc(C2(C)CC(=O)OC2=O)cc1. The van der Waals surface area contributed by atoms with E-state index in [-0.39, 0.29) is 11.3 Å². The van der Waals surface area contributed by atoms with E-state index < -0.39 is 27.4 Å². The van der Waals surface area contributed by atoms with Crippen LogP contribution >= 0.6 is 0 Å². The highest BCUT2D eigenvalue weighted by atomic mass is 32.2. The van der Waals surface area contributed by atoms with E-state index >= 15 is 0 Å². The van der Waals surface area contributed by atoms with Gasteiger partial charge in [0.2, 0.25) is 10.0 Å². The lowest BCUT2D eigenvalue weighted by atomic mass is 9.81. The Morgan fingerprint density at radius 2 is 1.70 bits per heavy atom. The van der Waals surface area contributed by atoms with Crippen molar-refractivity contribution in [3.8, 4) is 0 Å². The van der Waals surface area contributed by atoms with Gasteiger partial charge in [-0.15, -0.1) is 0 Å². The summed E-state index contributed by atoms with van der Waals surface area (Å²) in [6, 6.07) is 5.92. The lowest BCUT2D eigenvalue weighted by Crippen LogP contribution is -2.28. The number of ether oxygens (including phenoxy) is 1. The van der Waals surface area contributed by atoms with Crippen LogP contribution in [-0.4, -0.2) is 38.8 Å². The average Bonchev–Trinajstić information content (AvgIpc) is 2.64. The first-order valence-electron chi connectivity index (χ1n) is 5.96. The van der Waals surface area contributed by atoms with Gasteiger partial charge in [0, 0.05) is 14.1 Å². The van der Waals surface area contributed by atoms with Gasteiger partial charge in [0.25, 0.3) is 0 Å². The van der Waals surface area contributed by atoms with E-state index in [1.54, 1.807) is 6.92 Å². The Morgan fingerprint density at radius 3 is 2.10 bits per heavy atom. The van der Waals surface area contributed by atoms with Gasteiger partial charge in [-0.2, -0.15) is 0 Å². The molecule has 108 valence electrons. The fourth-order valence-corrected chi connectivity index (χ4v) is 2.94. The second-order valence-corrected chi connectivity index (χ2v) is 7.23. The first-order chi connectivity index (χ1) is 9.18. The molecule has 1 unspecified atom stereocenters. The molecule has 0 aliphatic carbocycles. The summed E-state index contributed by atoms with van der Waals surface area (Å²) in [5, 5.41) is 0. The molecule has 1 aliphatic heterocycles. The Labute approximate surface area is 117 Å². The highest BCUT2D eigenvalue weighted by Crippen LogP contribution is 2.35. The van der Waals surface area contributed by atoms with Crippen LogP contribution in [0.25, 0.3) is 0 Å². The van der Waals surface area contributed by atoms with Crippen LogP contribution in [0.5, 0.6) is 0 Å². The van der Waals surface area contributed by atoms with Crippen LogP contribution in [0, 0.1) is 0 Å². The summed E-state index contributed by atoms with van der Waals surface area (Å²) in [5.74, 6) is -1.17. The van der Waals surface area contributed by atoms with Crippen LogP contribution in [0.15, 0.2) is 29.2 Å². The van der Waals surface area contributed by atoms with Gasteiger partial charge in [-0.05, 0) is 24.6 Å². The summed E-state index contributed by atoms with van der Waals surface area (Å²) in [5.41, 5.74) is -0.483. The van der Waals surface area contributed by atoms with E-state index in [0.717, 1.165) is 4.31 Å². The third kappa shape index (κ3) is 2.23. The second kappa shape index (κ2) is 4.68. The zero-order chi connectivity index (χ0) is 15.1. The van der Waals surface area contributed by atoms with Crippen molar-refractivity contribution < 1.29 is 22.7 Å². The van der Waals surface area contributed by atoms with Crippen molar-refractivity contribution in [2.45, 2.75) is 23.7 Å². The molecule has 0 radical (unpaired) electrons. The van der Waals surface area contributed by atoms with Crippen LogP contribution in [0.4, 0.5) is 0 Å². The van der Waals surface area contributed by atoms with Crippen molar-refractivity contribution in [1.82, 2.24) is 4.31 Å². The van der Waals surface area contributed by atoms with Crippen LogP contribution in [0.2, 0.25) is 0 Å². The van der Waals surface area contributed by atoms with Crippen LogP contribution < -0.4 is 0 Å². The van der Waals surface area contributed by atoms with Crippen LogP contribution in [0.3, 0.4) is 0 Å². The number of carbonyl (C=O) groups is 2. The molecule has 0 spiro atoms. The van der Waals surface area contributed by atoms with Gasteiger partial charge in [-0.3, -0.25) is 9.59 Å². The van der Waals surface area contributed by atoms with Gasteiger partial charge in [0.1, 0.15) is 5.41 Å². The predicted molar refractivity (Wildman–Crippen MR) is 70.4 cm³/mol. The number of benzene rings is 1. The molecule has 0 bridgehead atoms. The smallest absolute Gasteiger partial charge is 0.324 e. The topological polar surface area (TPSA) is 80.8 Å². The molecular formula is C13H15NO5S. The molecule has 1 aromatic rings. The fraction of sp³-hybridized carbons (Fsp3) is 0.385. The van der Waals surface area contributed by atoms with Crippen molar-refractivity contribution >= 4 is 22.0 Å². The quantitative estimate of drug-likeness (QED) is 0.605. The minimum absolute atomic E-state index is 0.0361. The first-order valence-corrected chi connectivity index (χ1v) is 7.40. The second-order valence-electron chi connectivity index (χ2n) is 5.08. The molecular weight excluding hydrogens is 282 g/mol. The summed E-state index contributed by atoms with van der Waals surface area (Å²) in [4.78, 5) is 23.1. The number of nitrogens with zero attached hydrogens (tertiary/aromatic N) is 1. The molecule has 0 amide bonds. The number of carbonyl (C=O) groups excluding carboxylic acids is 2. The average molecular weight is 297 g/mol. The predicted octanol–water partition coefficient (Wildman–Crippen LogP) is 0.668. The Kier molecular flexibility index (Phi) is 3.43. The third-order valence-corrected chi connectivity index (χ3v) is 5.25. The number of hydrogen-bond donors (Lipinski definition) is 0.